The molecule has 3 N–H and O–H groups in total. The van der Waals surface area contributed by atoms with Crippen LogP contribution in [0.4, 0.5) is 0 Å². The molecule has 0 rings (SSSR count). The van der Waals surface area contributed by atoms with Crippen molar-refractivity contribution in [1.82, 2.24) is 5.32 Å². The van der Waals surface area contributed by atoms with E-state index in [1.807, 2.05) is 0 Å². The first kappa shape index (κ1) is 58.6. The second-order valence-electron chi connectivity index (χ2n) is 18.6. The molecule has 0 saturated heterocycles. The Balaban J connectivity index is 4.53. The van der Waals surface area contributed by atoms with E-state index in [1.165, 1.54) is 193 Å². The van der Waals surface area contributed by atoms with E-state index in [1.54, 1.807) is 0 Å². The number of ether oxygens (including phenoxy) is 1. The molecule has 0 bridgehead atoms. The third-order valence-corrected chi connectivity index (χ3v) is 12.6. The van der Waals surface area contributed by atoms with Gasteiger partial charge in [-0.1, -0.05) is 245 Å². The van der Waals surface area contributed by atoms with Crippen molar-refractivity contribution in [2.75, 3.05) is 6.61 Å². The Labute approximate surface area is 374 Å². The molecule has 6 heteroatoms. The van der Waals surface area contributed by atoms with Crippen LogP contribution in [0.1, 0.15) is 297 Å². The molecule has 6 nitrogen and oxygen atoms in total. The smallest absolute Gasteiger partial charge is 0.306 e. The molecule has 0 radical (unpaired) electrons. The van der Waals surface area contributed by atoms with E-state index in [0.29, 0.717) is 19.3 Å². The van der Waals surface area contributed by atoms with E-state index >= 15 is 0 Å². The minimum Gasteiger partial charge on any atom is -0.462 e. The first-order valence-corrected chi connectivity index (χ1v) is 26.9. The van der Waals surface area contributed by atoms with Crippen molar-refractivity contribution in [1.29, 1.82) is 0 Å². The topological polar surface area (TPSA) is 95.9 Å². The molecule has 0 heterocycles. The molecule has 1 amide bonds. The van der Waals surface area contributed by atoms with E-state index in [9.17, 15) is 19.8 Å². The monoisotopic (exact) mass is 848 g/mol. The number of allylic oxidation sites excluding steroid dienone is 2. The van der Waals surface area contributed by atoms with Gasteiger partial charge in [-0.15, -0.1) is 0 Å². The fourth-order valence-electron chi connectivity index (χ4n) is 8.49. The van der Waals surface area contributed by atoms with Crippen LogP contribution >= 0.6 is 0 Å². The van der Waals surface area contributed by atoms with Crippen LogP contribution in [0.25, 0.3) is 0 Å². The highest BCUT2D eigenvalue weighted by molar-refractivity contribution is 5.77. The summed E-state index contributed by atoms with van der Waals surface area (Å²) in [5.74, 6) is -0.471. The zero-order valence-corrected chi connectivity index (χ0v) is 40.6. The first-order chi connectivity index (χ1) is 29.5. The molecule has 60 heavy (non-hydrogen) atoms. The molecule has 0 aliphatic rings. The molecule has 0 saturated carbocycles. The number of hydrogen-bond donors (Lipinski definition) is 3. The van der Waals surface area contributed by atoms with Gasteiger partial charge in [0.25, 0.3) is 0 Å². The molecular weight excluding hydrogens is 743 g/mol. The van der Waals surface area contributed by atoms with E-state index in [0.717, 1.165) is 57.8 Å². The zero-order chi connectivity index (χ0) is 43.8. The Morgan fingerprint density at radius 3 is 1.20 bits per heavy atom. The second kappa shape index (κ2) is 48.6. The summed E-state index contributed by atoms with van der Waals surface area (Å²) in [7, 11) is 0. The minimum atomic E-state index is -0.786. The molecule has 0 aromatic carbocycles. The molecule has 0 fully saturated rings. The molecule has 0 aliphatic heterocycles. The van der Waals surface area contributed by atoms with Crippen molar-refractivity contribution >= 4 is 11.9 Å². The number of rotatable bonds is 49. The molecule has 3 unspecified atom stereocenters. The summed E-state index contributed by atoms with van der Waals surface area (Å²) in [4.78, 5) is 26.1. The van der Waals surface area contributed by atoms with Gasteiger partial charge in [0, 0.05) is 6.42 Å². The molecule has 3 atom stereocenters. The van der Waals surface area contributed by atoms with Crippen LogP contribution in [0.5, 0.6) is 0 Å². The fraction of sp³-hybridized carbons (Fsp3) is 0.926. The van der Waals surface area contributed by atoms with Gasteiger partial charge in [0.15, 0.2) is 0 Å². The minimum absolute atomic E-state index is 0.0741. The largest absolute Gasteiger partial charge is 0.462 e. The van der Waals surface area contributed by atoms with Crippen molar-refractivity contribution in [2.24, 2.45) is 0 Å². The van der Waals surface area contributed by atoms with Crippen LogP contribution in [-0.2, 0) is 14.3 Å². The molecule has 0 spiro atoms. The first-order valence-electron chi connectivity index (χ1n) is 26.9. The van der Waals surface area contributed by atoms with Crippen molar-refractivity contribution in [2.45, 2.75) is 315 Å². The Hall–Kier alpha value is -1.40. The number of unbranched alkanes of at least 4 members (excludes halogenated alkanes) is 35. The van der Waals surface area contributed by atoms with Crippen LogP contribution < -0.4 is 5.32 Å². The fourth-order valence-corrected chi connectivity index (χ4v) is 8.49. The summed E-state index contributed by atoms with van der Waals surface area (Å²) in [5, 5.41) is 23.8. The van der Waals surface area contributed by atoms with Gasteiger partial charge in [0.1, 0.15) is 6.10 Å². The maximum atomic E-state index is 13.2. The van der Waals surface area contributed by atoms with Crippen LogP contribution in [0.15, 0.2) is 12.2 Å². The Bertz CT molecular complexity index is 909. The number of carbonyl (C=O) groups excluding carboxylic acids is 2. The normalized spacial score (nSPS) is 13.2. The quantitative estimate of drug-likeness (QED) is 0.0322. The van der Waals surface area contributed by atoms with Gasteiger partial charge in [-0.2, -0.15) is 0 Å². The second-order valence-corrected chi connectivity index (χ2v) is 18.6. The number of amides is 1. The highest BCUT2D eigenvalue weighted by Gasteiger charge is 2.24. The average molecular weight is 848 g/mol. The van der Waals surface area contributed by atoms with Crippen molar-refractivity contribution in [3.05, 3.63) is 12.2 Å². The number of aliphatic hydroxyl groups is 2. The predicted molar refractivity (Wildman–Crippen MR) is 260 cm³/mol. The van der Waals surface area contributed by atoms with Gasteiger partial charge >= 0.3 is 5.97 Å². The molecular formula is C54H105NO5. The highest BCUT2D eigenvalue weighted by atomic mass is 16.5. The standard InChI is InChI=1S/C54H105NO5/c1-4-7-10-13-16-19-22-25-27-29-31-34-37-40-43-46-52(57)51(49-56)55-53(58)48-50(45-42-39-36-33-30-28-26-23-20-17-14-11-8-5-2)60-54(59)47-44-41-38-35-32-24-21-18-15-12-9-6-3/h28,30,50-52,56-57H,4-27,29,31-49H2,1-3H3,(H,55,58)/b30-28+. The lowest BCUT2D eigenvalue weighted by Crippen LogP contribution is -2.46. The molecule has 0 aromatic heterocycles. The lowest BCUT2D eigenvalue weighted by atomic mass is 10.0. The molecule has 0 aliphatic carbocycles. The van der Waals surface area contributed by atoms with Gasteiger partial charge in [-0.05, 0) is 51.4 Å². The highest BCUT2D eigenvalue weighted by Crippen LogP contribution is 2.18. The maximum Gasteiger partial charge on any atom is 0.306 e. The van der Waals surface area contributed by atoms with E-state index in [2.05, 4.69) is 38.2 Å². The third kappa shape index (κ3) is 43.3. The Morgan fingerprint density at radius 1 is 0.467 bits per heavy atom. The van der Waals surface area contributed by atoms with E-state index in [-0.39, 0.29) is 24.9 Å². The van der Waals surface area contributed by atoms with Crippen LogP contribution in [-0.4, -0.2) is 46.9 Å². The summed E-state index contributed by atoms with van der Waals surface area (Å²) in [6.07, 6.45) is 54.1. The van der Waals surface area contributed by atoms with Gasteiger partial charge in [0.2, 0.25) is 5.91 Å². The third-order valence-electron chi connectivity index (χ3n) is 12.6. The summed E-state index contributed by atoms with van der Waals surface area (Å²) in [5.41, 5.74) is 0. The maximum absolute atomic E-state index is 13.2. The van der Waals surface area contributed by atoms with Gasteiger partial charge < -0.3 is 20.3 Å². The summed E-state index contributed by atoms with van der Waals surface area (Å²) in [6.45, 7) is 6.50. The number of hydrogen-bond acceptors (Lipinski definition) is 5. The number of esters is 1. The SMILES string of the molecule is CCCCCCCCC/C=C/CCCCCC(CC(=O)NC(CO)C(O)CCCCCCCCCCCCCCCCC)OC(=O)CCCCCCCCCCCCCC. The van der Waals surface area contributed by atoms with Gasteiger partial charge in [0.05, 0.1) is 25.2 Å². The van der Waals surface area contributed by atoms with E-state index < -0.39 is 18.2 Å². The zero-order valence-electron chi connectivity index (χ0n) is 40.6. The van der Waals surface area contributed by atoms with E-state index in [4.69, 9.17) is 4.74 Å². The summed E-state index contributed by atoms with van der Waals surface area (Å²) >= 11 is 0. The molecule has 0 aromatic rings. The van der Waals surface area contributed by atoms with Crippen molar-refractivity contribution in [3.63, 3.8) is 0 Å². The number of aliphatic hydroxyl groups excluding tert-OH is 2. The van der Waals surface area contributed by atoms with Crippen molar-refractivity contribution in [3.8, 4) is 0 Å². The van der Waals surface area contributed by atoms with Crippen molar-refractivity contribution < 1.29 is 24.5 Å². The number of carbonyl (C=O) groups is 2. The van der Waals surface area contributed by atoms with Gasteiger partial charge in [-0.25, -0.2) is 0 Å². The lowest BCUT2D eigenvalue weighted by molar-refractivity contribution is -0.151. The Morgan fingerprint density at radius 2 is 0.800 bits per heavy atom. The lowest BCUT2D eigenvalue weighted by Gasteiger charge is -2.24. The Kier molecular flexibility index (Phi) is 47.5. The number of nitrogens with one attached hydrogen (secondary N) is 1. The van der Waals surface area contributed by atoms with Crippen LogP contribution in [0.2, 0.25) is 0 Å². The summed E-state index contributed by atoms with van der Waals surface area (Å²) < 4.78 is 5.93. The summed E-state index contributed by atoms with van der Waals surface area (Å²) in [6, 6.07) is -0.700. The molecule has 356 valence electrons. The van der Waals surface area contributed by atoms with Crippen LogP contribution in [0.3, 0.4) is 0 Å². The van der Waals surface area contributed by atoms with Crippen LogP contribution in [0, 0.1) is 0 Å². The van der Waals surface area contributed by atoms with Gasteiger partial charge in [-0.3, -0.25) is 9.59 Å². The average Bonchev–Trinajstić information content (AvgIpc) is 3.24. The predicted octanol–water partition coefficient (Wildman–Crippen LogP) is 16.1.